The summed E-state index contributed by atoms with van der Waals surface area (Å²) in [6.45, 7) is 1.15. The summed E-state index contributed by atoms with van der Waals surface area (Å²) < 4.78 is 32.9. The molecule has 1 aromatic carbocycles. The number of carbonyl (C=O) groups excluding carboxylic acids is 1. The SMILES string of the molecule is O=C1CCCc2cc(S(=O)(=O)NCC[C@@H]3CCCO3)ccc2N1. The van der Waals surface area contributed by atoms with Crippen molar-refractivity contribution in [2.75, 3.05) is 18.5 Å². The Balaban J connectivity index is 1.67. The van der Waals surface area contributed by atoms with Gasteiger partial charge in [0.1, 0.15) is 0 Å². The van der Waals surface area contributed by atoms with Gasteiger partial charge < -0.3 is 10.1 Å². The van der Waals surface area contributed by atoms with Gasteiger partial charge in [-0.3, -0.25) is 4.79 Å². The highest BCUT2D eigenvalue weighted by Gasteiger charge is 2.20. The van der Waals surface area contributed by atoms with E-state index in [9.17, 15) is 13.2 Å². The maximum absolute atomic E-state index is 12.4. The van der Waals surface area contributed by atoms with E-state index in [0.717, 1.165) is 31.4 Å². The number of hydrogen-bond acceptors (Lipinski definition) is 4. The summed E-state index contributed by atoms with van der Waals surface area (Å²) in [7, 11) is -3.53. The Kier molecular flexibility index (Phi) is 4.99. The van der Waals surface area contributed by atoms with Crippen LogP contribution in [0.3, 0.4) is 0 Å². The Labute approximate surface area is 136 Å². The number of fused-ring (bicyclic) bond motifs is 1. The molecule has 0 spiro atoms. The maximum atomic E-state index is 12.4. The van der Waals surface area contributed by atoms with Crippen molar-refractivity contribution in [3.05, 3.63) is 23.8 Å². The molecule has 126 valence electrons. The molecule has 7 heteroatoms. The summed E-state index contributed by atoms with van der Waals surface area (Å²) in [5.74, 6) is -0.0194. The minimum Gasteiger partial charge on any atom is -0.378 e. The van der Waals surface area contributed by atoms with Gasteiger partial charge in [-0.1, -0.05) is 0 Å². The number of ether oxygens (including phenoxy) is 1. The molecular weight excluding hydrogens is 316 g/mol. The van der Waals surface area contributed by atoms with E-state index in [1.54, 1.807) is 18.2 Å². The van der Waals surface area contributed by atoms with Crippen molar-refractivity contribution in [2.45, 2.75) is 49.5 Å². The second-order valence-electron chi connectivity index (χ2n) is 6.04. The number of amides is 1. The molecule has 1 aromatic rings. The summed E-state index contributed by atoms with van der Waals surface area (Å²) in [4.78, 5) is 11.8. The third-order valence-electron chi connectivity index (χ3n) is 4.29. The van der Waals surface area contributed by atoms with Crippen LogP contribution >= 0.6 is 0 Å². The first kappa shape index (κ1) is 16.4. The first-order valence-corrected chi connectivity index (χ1v) is 9.57. The van der Waals surface area contributed by atoms with Crippen LogP contribution in [0.5, 0.6) is 0 Å². The van der Waals surface area contributed by atoms with Crippen molar-refractivity contribution in [3.63, 3.8) is 0 Å². The molecule has 6 nitrogen and oxygen atoms in total. The van der Waals surface area contributed by atoms with Crippen LogP contribution < -0.4 is 10.0 Å². The van der Waals surface area contributed by atoms with E-state index >= 15 is 0 Å². The fourth-order valence-corrected chi connectivity index (χ4v) is 4.13. The Morgan fingerprint density at radius 3 is 2.91 bits per heavy atom. The van der Waals surface area contributed by atoms with Crippen LogP contribution in [0.15, 0.2) is 23.1 Å². The van der Waals surface area contributed by atoms with Crippen LogP contribution in [0.4, 0.5) is 5.69 Å². The number of aryl methyl sites for hydroxylation is 1. The number of benzene rings is 1. The standard InChI is InChI=1S/C16H22N2O4S/c19-16-5-1-3-12-11-14(6-7-15(12)18-16)23(20,21)17-9-8-13-4-2-10-22-13/h6-7,11,13,17H,1-5,8-10H2,(H,18,19)/t13-/m0/s1. The van der Waals surface area contributed by atoms with Crippen molar-refractivity contribution < 1.29 is 17.9 Å². The minimum absolute atomic E-state index is 0.0194. The number of anilines is 1. The van der Waals surface area contributed by atoms with E-state index in [1.807, 2.05) is 0 Å². The van der Waals surface area contributed by atoms with Gasteiger partial charge in [0.2, 0.25) is 15.9 Å². The molecule has 3 rings (SSSR count). The fourth-order valence-electron chi connectivity index (χ4n) is 3.03. The zero-order valence-corrected chi connectivity index (χ0v) is 13.8. The molecule has 2 aliphatic rings. The van der Waals surface area contributed by atoms with Crippen LogP contribution in [0.1, 0.15) is 37.7 Å². The topological polar surface area (TPSA) is 84.5 Å². The summed E-state index contributed by atoms with van der Waals surface area (Å²) >= 11 is 0. The number of carbonyl (C=O) groups is 1. The van der Waals surface area contributed by atoms with Crippen molar-refractivity contribution in [3.8, 4) is 0 Å². The molecule has 1 fully saturated rings. The fraction of sp³-hybridized carbons (Fsp3) is 0.562. The molecule has 0 unspecified atom stereocenters. The predicted octanol–water partition coefficient (Wildman–Crippen LogP) is 1.81. The summed E-state index contributed by atoms with van der Waals surface area (Å²) in [6, 6.07) is 4.88. The van der Waals surface area contributed by atoms with E-state index in [-0.39, 0.29) is 16.9 Å². The van der Waals surface area contributed by atoms with Gasteiger partial charge in [0.25, 0.3) is 0 Å². The molecular formula is C16H22N2O4S. The molecule has 2 aliphatic heterocycles. The van der Waals surface area contributed by atoms with Crippen LogP contribution in [-0.4, -0.2) is 33.6 Å². The number of sulfonamides is 1. The zero-order valence-electron chi connectivity index (χ0n) is 13.0. The molecule has 1 saturated heterocycles. The highest BCUT2D eigenvalue weighted by molar-refractivity contribution is 7.89. The van der Waals surface area contributed by atoms with Gasteiger partial charge in [-0.2, -0.15) is 0 Å². The van der Waals surface area contributed by atoms with E-state index in [2.05, 4.69) is 10.0 Å². The first-order chi connectivity index (χ1) is 11.0. The summed E-state index contributed by atoms with van der Waals surface area (Å²) in [5, 5.41) is 2.81. The lowest BCUT2D eigenvalue weighted by molar-refractivity contribution is -0.116. The minimum atomic E-state index is -3.53. The Hall–Kier alpha value is -1.44. The lowest BCUT2D eigenvalue weighted by Crippen LogP contribution is -2.27. The average Bonchev–Trinajstić information content (AvgIpc) is 2.94. The number of hydrogen-bond donors (Lipinski definition) is 2. The van der Waals surface area contributed by atoms with E-state index < -0.39 is 10.0 Å². The lowest BCUT2D eigenvalue weighted by Gasteiger charge is -2.12. The van der Waals surface area contributed by atoms with Crippen LogP contribution in [0.2, 0.25) is 0 Å². The van der Waals surface area contributed by atoms with Gasteiger partial charge >= 0.3 is 0 Å². The molecule has 0 radical (unpaired) electrons. The number of rotatable bonds is 5. The second kappa shape index (κ2) is 6.98. The third kappa shape index (κ3) is 4.10. The van der Waals surface area contributed by atoms with Gasteiger partial charge in [-0.05, 0) is 55.9 Å². The molecule has 2 N–H and O–H groups in total. The molecule has 0 aliphatic carbocycles. The predicted molar refractivity (Wildman–Crippen MR) is 86.8 cm³/mol. The maximum Gasteiger partial charge on any atom is 0.240 e. The molecule has 1 atom stereocenters. The molecule has 2 heterocycles. The first-order valence-electron chi connectivity index (χ1n) is 8.09. The van der Waals surface area contributed by atoms with Crippen LogP contribution in [0, 0.1) is 0 Å². The monoisotopic (exact) mass is 338 g/mol. The lowest BCUT2D eigenvalue weighted by atomic mass is 10.1. The normalized spacial score (nSPS) is 21.6. The van der Waals surface area contributed by atoms with E-state index in [1.165, 1.54) is 0 Å². The molecule has 0 saturated carbocycles. The molecule has 23 heavy (non-hydrogen) atoms. The van der Waals surface area contributed by atoms with Crippen molar-refractivity contribution in [1.29, 1.82) is 0 Å². The van der Waals surface area contributed by atoms with Crippen LogP contribution in [0.25, 0.3) is 0 Å². The Morgan fingerprint density at radius 1 is 1.26 bits per heavy atom. The van der Waals surface area contributed by atoms with Gasteiger partial charge in [-0.25, -0.2) is 13.1 Å². The number of nitrogens with one attached hydrogen (secondary N) is 2. The average molecular weight is 338 g/mol. The molecule has 0 aromatic heterocycles. The van der Waals surface area contributed by atoms with Gasteiger partial charge in [0, 0.05) is 25.3 Å². The summed E-state index contributed by atoms with van der Waals surface area (Å²) in [5.41, 5.74) is 1.59. The smallest absolute Gasteiger partial charge is 0.240 e. The van der Waals surface area contributed by atoms with Crippen molar-refractivity contribution in [2.24, 2.45) is 0 Å². The van der Waals surface area contributed by atoms with Gasteiger partial charge in [-0.15, -0.1) is 0 Å². The quantitative estimate of drug-likeness (QED) is 0.857. The molecule has 1 amide bonds. The highest BCUT2D eigenvalue weighted by Crippen LogP contribution is 2.25. The van der Waals surface area contributed by atoms with E-state index in [0.29, 0.717) is 31.5 Å². The highest BCUT2D eigenvalue weighted by atomic mass is 32.2. The van der Waals surface area contributed by atoms with Gasteiger partial charge in [0.05, 0.1) is 11.0 Å². The Morgan fingerprint density at radius 2 is 2.13 bits per heavy atom. The zero-order chi connectivity index (χ0) is 16.3. The Bertz CT molecular complexity index is 681. The van der Waals surface area contributed by atoms with E-state index in [4.69, 9.17) is 4.74 Å². The van der Waals surface area contributed by atoms with Crippen molar-refractivity contribution >= 4 is 21.6 Å². The summed E-state index contributed by atoms with van der Waals surface area (Å²) in [6.07, 6.45) is 4.81. The van der Waals surface area contributed by atoms with Crippen molar-refractivity contribution in [1.82, 2.24) is 4.72 Å². The second-order valence-corrected chi connectivity index (χ2v) is 7.81. The third-order valence-corrected chi connectivity index (χ3v) is 5.75. The largest absolute Gasteiger partial charge is 0.378 e. The van der Waals surface area contributed by atoms with Gasteiger partial charge in [0.15, 0.2) is 0 Å². The molecule has 0 bridgehead atoms. The van der Waals surface area contributed by atoms with Crippen LogP contribution in [-0.2, 0) is 26.0 Å².